The molecule has 1 aliphatic rings. The summed E-state index contributed by atoms with van der Waals surface area (Å²) in [5, 5.41) is 0. The van der Waals surface area contributed by atoms with Gasteiger partial charge in [-0.15, -0.1) is 0 Å². The van der Waals surface area contributed by atoms with E-state index in [-0.39, 0.29) is 5.41 Å². The van der Waals surface area contributed by atoms with E-state index in [9.17, 15) is 0 Å². The van der Waals surface area contributed by atoms with Gasteiger partial charge in [0, 0.05) is 9.89 Å². The van der Waals surface area contributed by atoms with E-state index < -0.39 is 0 Å². The average Bonchev–Trinajstić information content (AvgIpc) is 2.48. The largest absolute Gasteiger partial charge is 0.0987 e. The number of hydrogen-bond donors (Lipinski definition) is 0. The van der Waals surface area contributed by atoms with E-state index in [0.717, 1.165) is 4.47 Å². The van der Waals surface area contributed by atoms with Gasteiger partial charge in [0.05, 0.1) is 0 Å². The lowest BCUT2D eigenvalue weighted by atomic mass is 9.81. The molecule has 0 bridgehead atoms. The summed E-state index contributed by atoms with van der Waals surface area (Å²) < 4.78 is 1.13. The van der Waals surface area contributed by atoms with E-state index in [4.69, 9.17) is 0 Å². The fourth-order valence-electron chi connectivity index (χ4n) is 2.61. The van der Waals surface area contributed by atoms with Crippen LogP contribution in [-0.4, -0.2) is 0 Å². The van der Waals surface area contributed by atoms with E-state index in [0.29, 0.717) is 0 Å². The standard InChI is InChI=1S/C16H17Br/c1-5-7-12-13-9-8-11(17)10-15(13)16(3,4)14(12)6-2/h5-10H,2H2,1,3-4H3/b7-5-. The highest BCUT2D eigenvalue weighted by Gasteiger charge is 2.35. The number of halogens is 1. The SMILES string of the molecule is C=CC1=C(/C=C\C)c2ccc(Br)cc2C1(C)C. The van der Waals surface area contributed by atoms with E-state index in [1.165, 1.54) is 22.3 Å². The number of rotatable bonds is 2. The van der Waals surface area contributed by atoms with Gasteiger partial charge in [-0.05, 0) is 41.3 Å². The second-order valence-corrected chi connectivity index (χ2v) is 5.76. The van der Waals surface area contributed by atoms with Crippen molar-refractivity contribution in [2.45, 2.75) is 26.2 Å². The Morgan fingerprint density at radius 3 is 2.59 bits per heavy atom. The smallest absolute Gasteiger partial charge is 0.0178 e. The summed E-state index contributed by atoms with van der Waals surface area (Å²) in [5.41, 5.74) is 5.34. The molecule has 0 atom stereocenters. The maximum absolute atomic E-state index is 3.97. The molecule has 17 heavy (non-hydrogen) atoms. The minimum absolute atomic E-state index is 0.0374. The first kappa shape index (κ1) is 12.4. The van der Waals surface area contributed by atoms with Gasteiger partial charge in [-0.2, -0.15) is 0 Å². The van der Waals surface area contributed by atoms with Crippen LogP contribution in [0, 0.1) is 0 Å². The maximum Gasteiger partial charge on any atom is 0.0178 e. The maximum atomic E-state index is 3.97. The van der Waals surface area contributed by atoms with Crippen LogP contribution in [0.4, 0.5) is 0 Å². The summed E-state index contributed by atoms with van der Waals surface area (Å²) >= 11 is 3.55. The van der Waals surface area contributed by atoms with Gasteiger partial charge in [-0.1, -0.05) is 60.7 Å². The van der Waals surface area contributed by atoms with Gasteiger partial charge >= 0.3 is 0 Å². The van der Waals surface area contributed by atoms with Crippen LogP contribution in [0.5, 0.6) is 0 Å². The van der Waals surface area contributed by atoms with Crippen molar-refractivity contribution in [3.8, 4) is 0 Å². The van der Waals surface area contributed by atoms with Crippen molar-refractivity contribution in [2.24, 2.45) is 0 Å². The van der Waals surface area contributed by atoms with Gasteiger partial charge < -0.3 is 0 Å². The molecule has 88 valence electrons. The van der Waals surface area contributed by atoms with E-state index in [1.807, 2.05) is 6.08 Å². The molecular formula is C16H17Br. The van der Waals surface area contributed by atoms with Crippen LogP contribution in [0.15, 0.2) is 53.1 Å². The van der Waals surface area contributed by atoms with Crippen LogP contribution in [-0.2, 0) is 5.41 Å². The summed E-state index contributed by atoms with van der Waals surface area (Å²) in [7, 11) is 0. The molecule has 1 heteroatoms. The molecule has 0 aliphatic heterocycles. The van der Waals surface area contributed by atoms with Gasteiger partial charge in [0.25, 0.3) is 0 Å². The molecule has 0 nitrogen and oxygen atoms in total. The summed E-state index contributed by atoms with van der Waals surface area (Å²) in [5.74, 6) is 0. The molecule has 2 rings (SSSR count). The van der Waals surface area contributed by atoms with Crippen LogP contribution in [0.1, 0.15) is 31.9 Å². The highest BCUT2D eigenvalue weighted by molar-refractivity contribution is 9.10. The summed E-state index contributed by atoms with van der Waals surface area (Å²) in [6.07, 6.45) is 6.26. The first-order chi connectivity index (χ1) is 8.02. The highest BCUT2D eigenvalue weighted by Crippen LogP contribution is 2.47. The summed E-state index contributed by atoms with van der Waals surface area (Å²) in [4.78, 5) is 0. The summed E-state index contributed by atoms with van der Waals surface area (Å²) in [6.45, 7) is 10.5. The number of allylic oxidation sites excluding steroid dienone is 5. The van der Waals surface area contributed by atoms with Crippen LogP contribution >= 0.6 is 15.9 Å². The molecule has 0 N–H and O–H groups in total. The zero-order valence-electron chi connectivity index (χ0n) is 10.5. The Hall–Kier alpha value is -1.08. The van der Waals surface area contributed by atoms with Gasteiger partial charge in [0.15, 0.2) is 0 Å². The van der Waals surface area contributed by atoms with Gasteiger partial charge in [0.2, 0.25) is 0 Å². The molecule has 0 saturated heterocycles. The molecule has 0 radical (unpaired) electrons. The lowest BCUT2D eigenvalue weighted by Gasteiger charge is -2.22. The molecule has 0 unspecified atom stereocenters. The minimum Gasteiger partial charge on any atom is -0.0987 e. The van der Waals surface area contributed by atoms with E-state index in [2.05, 4.69) is 73.6 Å². The predicted molar refractivity (Wildman–Crippen MR) is 79.1 cm³/mol. The quantitative estimate of drug-likeness (QED) is 0.697. The summed E-state index contributed by atoms with van der Waals surface area (Å²) in [6, 6.07) is 6.51. The predicted octanol–water partition coefficient (Wildman–Crippen LogP) is 5.26. The van der Waals surface area contributed by atoms with Crippen LogP contribution in [0.3, 0.4) is 0 Å². The second-order valence-electron chi connectivity index (χ2n) is 4.85. The van der Waals surface area contributed by atoms with Gasteiger partial charge in [-0.25, -0.2) is 0 Å². The second kappa shape index (κ2) is 4.30. The minimum atomic E-state index is 0.0374. The Balaban J connectivity index is 2.76. The molecular weight excluding hydrogens is 272 g/mol. The van der Waals surface area contributed by atoms with Gasteiger partial charge in [0.1, 0.15) is 0 Å². The van der Waals surface area contributed by atoms with Crippen molar-refractivity contribution < 1.29 is 0 Å². The van der Waals surface area contributed by atoms with E-state index >= 15 is 0 Å². The molecule has 1 aromatic rings. The first-order valence-corrected chi connectivity index (χ1v) is 6.62. The molecule has 1 aromatic carbocycles. The van der Waals surface area contributed by atoms with Crippen molar-refractivity contribution in [2.75, 3.05) is 0 Å². The molecule has 1 aliphatic carbocycles. The third-order valence-corrected chi connectivity index (χ3v) is 3.94. The molecule has 0 heterocycles. The third-order valence-electron chi connectivity index (χ3n) is 3.45. The molecule has 0 aromatic heterocycles. The van der Waals surface area contributed by atoms with Crippen molar-refractivity contribution in [3.63, 3.8) is 0 Å². The zero-order valence-corrected chi connectivity index (χ0v) is 12.1. The van der Waals surface area contributed by atoms with Crippen molar-refractivity contribution in [1.82, 2.24) is 0 Å². The molecule has 0 saturated carbocycles. The lowest BCUT2D eigenvalue weighted by molar-refractivity contribution is 0.654. The average molecular weight is 289 g/mol. The number of hydrogen-bond acceptors (Lipinski definition) is 0. The fraction of sp³-hybridized carbons (Fsp3) is 0.250. The Morgan fingerprint density at radius 1 is 1.29 bits per heavy atom. The third kappa shape index (κ3) is 1.83. The molecule has 0 spiro atoms. The lowest BCUT2D eigenvalue weighted by Crippen LogP contribution is -2.15. The van der Waals surface area contributed by atoms with Crippen molar-refractivity contribution in [3.05, 3.63) is 64.2 Å². The normalized spacial score (nSPS) is 17.6. The Labute approximate surface area is 112 Å². The van der Waals surface area contributed by atoms with Gasteiger partial charge in [-0.3, -0.25) is 0 Å². The highest BCUT2D eigenvalue weighted by atomic mass is 79.9. The Bertz CT molecular complexity index is 530. The topological polar surface area (TPSA) is 0 Å². The Kier molecular flexibility index (Phi) is 3.13. The van der Waals surface area contributed by atoms with E-state index in [1.54, 1.807) is 0 Å². The molecule has 0 amide bonds. The van der Waals surface area contributed by atoms with Crippen LogP contribution in [0.2, 0.25) is 0 Å². The fourth-order valence-corrected chi connectivity index (χ4v) is 2.97. The molecule has 0 fully saturated rings. The number of fused-ring (bicyclic) bond motifs is 1. The van der Waals surface area contributed by atoms with Crippen molar-refractivity contribution >= 4 is 21.5 Å². The first-order valence-electron chi connectivity index (χ1n) is 5.82. The number of benzene rings is 1. The van der Waals surface area contributed by atoms with Crippen LogP contribution < -0.4 is 0 Å². The zero-order chi connectivity index (χ0) is 12.6. The van der Waals surface area contributed by atoms with Crippen molar-refractivity contribution in [1.29, 1.82) is 0 Å². The Morgan fingerprint density at radius 2 is 2.00 bits per heavy atom. The van der Waals surface area contributed by atoms with Crippen LogP contribution in [0.25, 0.3) is 5.57 Å². The monoisotopic (exact) mass is 288 g/mol.